The second-order valence-electron chi connectivity index (χ2n) is 9.65. The Balaban J connectivity index is 1.57. The van der Waals surface area contributed by atoms with E-state index in [-0.39, 0.29) is 18.8 Å². The molecule has 0 spiro atoms. The van der Waals surface area contributed by atoms with Crippen LogP contribution in [0.25, 0.3) is 6.08 Å². The highest BCUT2D eigenvalue weighted by Crippen LogP contribution is 2.38. The Morgan fingerprint density at radius 2 is 1.77 bits per heavy atom. The highest BCUT2D eigenvalue weighted by molar-refractivity contribution is 9.10. The third-order valence-electron chi connectivity index (χ3n) is 6.70. The molecule has 44 heavy (non-hydrogen) atoms. The summed E-state index contributed by atoms with van der Waals surface area (Å²) in [6, 6.07) is 15.8. The standard InChI is InChI=1S/C32H26Br2Cl2N2O5S/c1-4-41-25-14-19(12-22(34)29(25)43-16-18-6-11-23(35)24(36)13-18)15-26-30(39)38-28(20-7-9-21(33)10-8-20)27(31(40)42-5-2)17(3)37-32(38)44-26/h6-15,28H,4-5,16H2,1-3H3/b26-15-/t28-/m1/s1. The van der Waals surface area contributed by atoms with Crippen LogP contribution in [0.15, 0.2) is 84.6 Å². The molecule has 3 aromatic carbocycles. The number of hydrogen-bond acceptors (Lipinski definition) is 7. The molecule has 0 unspecified atom stereocenters. The number of carbonyl (C=O) groups is 1. The van der Waals surface area contributed by atoms with Gasteiger partial charge >= 0.3 is 5.97 Å². The maximum absolute atomic E-state index is 14.0. The van der Waals surface area contributed by atoms with Crippen LogP contribution in [0, 0.1) is 0 Å². The van der Waals surface area contributed by atoms with Crippen LogP contribution in [0.2, 0.25) is 10.0 Å². The lowest BCUT2D eigenvalue weighted by molar-refractivity contribution is -0.139. The molecule has 5 rings (SSSR count). The number of halogens is 4. The Labute approximate surface area is 284 Å². The van der Waals surface area contributed by atoms with Crippen molar-refractivity contribution in [2.45, 2.75) is 33.4 Å². The Bertz CT molecular complexity index is 1950. The number of esters is 1. The van der Waals surface area contributed by atoms with E-state index >= 15 is 0 Å². The fourth-order valence-corrected chi connectivity index (χ4v) is 6.97. The van der Waals surface area contributed by atoms with Gasteiger partial charge in [-0.25, -0.2) is 9.79 Å². The molecule has 1 atom stereocenters. The second-order valence-corrected chi connectivity index (χ2v) is 13.2. The van der Waals surface area contributed by atoms with Crippen molar-refractivity contribution in [3.05, 3.63) is 121 Å². The summed E-state index contributed by atoms with van der Waals surface area (Å²) in [4.78, 5) is 32.2. The SMILES string of the molecule is CCOC(=O)C1=C(C)N=c2s/c(=C\c3cc(Br)c(OCc4ccc(Cl)c(Cl)c4)c(OCC)c3)c(=O)n2[C@@H]1c1ccc(Br)cc1. The molecule has 0 radical (unpaired) electrons. The number of hydrogen-bond donors (Lipinski definition) is 0. The minimum Gasteiger partial charge on any atom is -0.490 e. The molecule has 0 bridgehead atoms. The minimum absolute atomic E-state index is 0.206. The quantitative estimate of drug-likeness (QED) is 0.164. The topological polar surface area (TPSA) is 79.1 Å². The third-order valence-corrected chi connectivity index (χ3v) is 9.54. The molecule has 7 nitrogen and oxygen atoms in total. The van der Waals surface area contributed by atoms with Gasteiger partial charge in [-0.15, -0.1) is 0 Å². The first kappa shape index (κ1) is 32.5. The second kappa shape index (κ2) is 14.0. The van der Waals surface area contributed by atoms with Crippen molar-refractivity contribution in [1.82, 2.24) is 4.57 Å². The summed E-state index contributed by atoms with van der Waals surface area (Å²) in [5.74, 6) is 0.522. The number of carbonyl (C=O) groups excluding carboxylic acids is 1. The predicted molar refractivity (Wildman–Crippen MR) is 181 cm³/mol. The van der Waals surface area contributed by atoms with E-state index in [0.29, 0.717) is 58.8 Å². The lowest BCUT2D eigenvalue weighted by Crippen LogP contribution is -2.39. The molecule has 12 heteroatoms. The molecule has 0 fully saturated rings. The summed E-state index contributed by atoms with van der Waals surface area (Å²) in [5, 5.41) is 0.914. The zero-order valence-corrected chi connectivity index (χ0v) is 29.3. The maximum atomic E-state index is 14.0. The average molecular weight is 781 g/mol. The number of fused-ring (bicyclic) bond motifs is 1. The third kappa shape index (κ3) is 6.84. The van der Waals surface area contributed by atoms with Gasteiger partial charge in [0.2, 0.25) is 0 Å². The lowest BCUT2D eigenvalue weighted by atomic mass is 9.96. The molecule has 0 amide bonds. The number of rotatable bonds is 9. The smallest absolute Gasteiger partial charge is 0.338 e. The van der Waals surface area contributed by atoms with E-state index in [9.17, 15) is 9.59 Å². The molecule has 0 saturated carbocycles. The molecule has 1 aromatic heterocycles. The van der Waals surface area contributed by atoms with Crippen LogP contribution in [-0.2, 0) is 16.1 Å². The Morgan fingerprint density at radius 1 is 1.02 bits per heavy atom. The highest BCUT2D eigenvalue weighted by atomic mass is 79.9. The van der Waals surface area contributed by atoms with Gasteiger partial charge in [0.1, 0.15) is 6.61 Å². The van der Waals surface area contributed by atoms with Crippen LogP contribution in [0.3, 0.4) is 0 Å². The van der Waals surface area contributed by atoms with Crippen LogP contribution in [-0.4, -0.2) is 23.8 Å². The first-order chi connectivity index (χ1) is 21.1. The molecule has 0 N–H and O–H groups in total. The number of nitrogens with zero attached hydrogens (tertiary/aromatic N) is 2. The molecular weight excluding hydrogens is 755 g/mol. The summed E-state index contributed by atoms with van der Waals surface area (Å²) in [5.41, 5.74) is 2.89. The zero-order chi connectivity index (χ0) is 31.5. The Kier molecular flexibility index (Phi) is 10.4. The van der Waals surface area contributed by atoms with E-state index in [4.69, 9.17) is 37.4 Å². The van der Waals surface area contributed by atoms with Crippen molar-refractivity contribution in [1.29, 1.82) is 0 Å². The van der Waals surface area contributed by atoms with Gasteiger partial charge in [-0.3, -0.25) is 9.36 Å². The van der Waals surface area contributed by atoms with Crippen molar-refractivity contribution in [3.8, 4) is 11.5 Å². The van der Waals surface area contributed by atoms with Crippen molar-refractivity contribution in [2.24, 2.45) is 4.99 Å². The molecule has 1 aliphatic rings. The van der Waals surface area contributed by atoms with Gasteiger partial charge in [-0.05, 0) is 95.9 Å². The van der Waals surface area contributed by atoms with E-state index < -0.39 is 12.0 Å². The van der Waals surface area contributed by atoms with Crippen LogP contribution in [0.5, 0.6) is 11.5 Å². The van der Waals surface area contributed by atoms with E-state index in [1.807, 2.05) is 49.4 Å². The summed E-state index contributed by atoms with van der Waals surface area (Å²) < 4.78 is 20.9. The fourth-order valence-electron chi connectivity index (χ4n) is 4.76. The van der Waals surface area contributed by atoms with Crippen LogP contribution < -0.4 is 24.4 Å². The van der Waals surface area contributed by atoms with Gasteiger partial charge < -0.3 is 14.2 Å². The van der Waals surface area contributed by atoms with Gasteiger partial charge in [-0.2, -0.15) is 0 Å². The van der Waals surface area contributed by atoms with Gasteiger partial charge in [0.05, 0.1) is 49.6 Å². The Hall–Kier alpha value is -2.89. The van der Waals surface area contributed by atoms with E-state index in [1.54, 1.807) is 36.6 Å². The molecule has 2 heterocycles. The number of ether oxygens (including phenoxy) is 3. The first-order valence-electron chi connectivity index (χ1n) is 13.6. The largest absolute Gasteiger partial charge is 0.490 e. The predicted octanol–water partition coefficient (Wildman–Crippen LogP) is 7.61. The van der Waals surface area contributed by atoms with Crippen LogP contribution in [0.4, 0.5) is 0 Å². The van der Waals surface area contributed by atoms with Crippen LogP contribution in [0.1, 0.15) is 43.5 Å². The number of allylic oxidation sites excluding steroid dienone is 1. The van der Waals surface area contributed by atoms with Crippen molar-refractivity contribution >= 4 is 78.4 Å². The van der Waals surface area contributed by atoms with Crippen molar-refractivity contribution in [2.75, 3.05) is 13.2 Å². The van der Waals surface area contributed by atoms with Crippen LogP contribution >= 0.6 is 66.4 Å². The first-order valence-corrected chi connectivity index (χ1v) is 16.7. The van der Waals surface area contributed by atoms with E-state index in [2.05, 4.69) is 36.9 Å². The Morgan fingerprint density at radius 3 is 2.45 bits per heavy atom. The monoisotopic (exact) mass is 778 g/mol. The molecule has 1 aliphatic heterocycles. The lowest BCUT2D eigenvalue weighted by Gasteiger charge is -2.24. The van der Waals surface area contributed by atoms with Crippen molar-refractivity contribution in [3.63, 3.8) is 0 Å². The molecule has 228 valence electrons. The number of aromatic nitrogens is 1. The average Bonchev–Trinajstić information content (AvgIpc) is 3.28. The normalized spacial score (nSPS) is 14.7. The minimum atomic E-state index is -0.691. The fraction of sp³-hybridized carbons (Fsp3) is 0.219. The van der Waals surface area contributed by atoms with Gasteiger partial charge in [-0.1, -0.05) is 68.7 Å². The molecule has 0 saturated heterocycles. The molecule has 0 aliphatic carbocycles. The summed E-state index contributed by atoms with van der Waals surface area (Å²) in [6.07, 6.45) is 1.78. The molecular formula is C32H26Br2Cl2N2O5S. The highest BCUT2D eigenvalue weighted by Gasteiger charge is 2.33. The van der Waals surface area contributed by atoms with Gasteiger partial charge in [0, 0.05) is 4.47 Å². The van der Waals surface area contributed by atoms with Crippen molar-refractivity contribution < 1.29 is 19.0 Å². The number of benzene rings is 3. The van der Waals surface area contributed by atoms with Gasteiger partial charge in [0.15, 0.2) is 16.3 Å². The zero-order valence-electron chi connectivity index (χ0n) is 23.8. The molecule has 4 aromatic rings. The maximum Gasteiger partial charge on any atom is 0.338 e. The van der Waals surface area contributed by atoms with Gasteiger partial charge in [0.25, 0.3) is 5.56 Å². The summed E-state index contributed by atoms with van der Waals surface area (Å²) in [7, 11) is 0. The summed E-state index contributed by atoms with van der Waals surface area (Å²) >= 11 is 20.5. The van der Waals surface area contributed by atoms with E-state index in [0.717, 1.165) is 15.6 Å². The van der Waals surface area contributed by atoms with E-state index in [1.165, 1.54) is 11.3 Å². The number of thiazole rings is 1. The summed E-state index contributed by atoms with van der Waals surface area (Å²) in [6.45, 7) is 6.24.